The van der Waals surface area contributed by atoms with Gasteiger partial charge in [0.1, 0.15) is 0 Å². The van der Waals surface area contributed by atoms with Gasteiger partial charge in [-0.2, -0.15) is 0 Å². The summed E-state index contributed by atoms with van der Waals surface area (Å²) in [4.78, 5) is 39.9. The molecule has 3 amide bonds. The lowest BCUT2D eigenvalue weighted by molar-refractivity contribution is -0.132. The van der Waals surface area contributed by atoms with Gasteiger partial charge in [-0.05, 0) is 38.3 Å². The maximum atomic E-state index is 12.4. The highest BCUT2D eigenvalue weighted by molar-refractivity contribution is 7.89. The van der Waals surface area contributed by atoms with Gasteiger partial charge >= 0.3 is 0 Å². The van der Waals surface area contributed by atoms with Crippen LogP contribution >= 0.6 is 0 Å². The molecule has 1 N–H and O–H groups in total. The number of hydrogen-bond acceptors (Lipinski definition) is 5. The Kier molecular flexibility index (Phi) is 6.14. The SMILES string of the molecule is CCS(=O)(=O)NC1CCN(C(=O)CCCN2C(=O)c3ccccc3C2=O)CC1. The van der Waals surface area contributed by atoms with E-state index in [1.807, 2.05) is 0 Å². The Hall–Kier alpha value is -2.26. The molecule has 0 unspecified atom stereocenters. The number of imide groups is 1. The van der Waals surface area contributed by atoms with Crippen LogP contribution in [0.25, 0.3) is 0 Å². The number of benzene rings is 1. The minimum atomic E-state index is -3.24. The Labute approximate surface area is 164 Å². The van der Waals surface area contributed by atoms with Crippen molar-refractivity contribution in [3.8, 4) is 0 Å². The van der Waals surface area contributed by atoms with Crippen molar-refractivity contribution in [3.63, 3.8) is 0 Å². The number of rotatable bonds is 7. The molecule has 2 aliphatic rings. The molecule has 3 rings (SSSR count). The van der Waals surface area contributed by atoms with Crippen LogP contribution in [0.4, 0.5) is 0 Å². The van der Waals surface area contributed by atoms with Gasteiger partial charge < -0.3 is 4.90 Å². The monoisotopic (exact) mass is 407 g/mol. The minimum Gasteiger partial charge on any atom is -0.343 e. The van der Waals surface area contributed by atoms with Crippen molar-refractivity contribution in [2.24, 2.45) is 0 Å². The highest BCUT2D eigenvalue weighted by Gasteiger charge is 2.34. The number of fused-ring (bicyclic) bond motifs is 1. The van der Waals surface area contributed by atoms with Gasteiger partial charge in [0.15, 0.2) is 0 Å². The summed E-state index contributed by atoms with van der Waals surface area (Å²) in [5, 5.41) is 0. The van der Waals surface area contributed by atoms with Crippen LogP contribution in [0.15, 0.2) is 24.3 Å². The van der Waals surface area contributed by atoms with Crippen LogP contribution in [-0.2, 0) is 14.8 Å². The van der Waals surface area contributed by atoms with Gasteiger partial charge in [0.2, 0.25) is 15.9 Å². The van der Waals surface area contributed by atoms with Gasteiger partial charge in [-0.15, -0.1) is 0 Å². The summed E-state index contributed by atoms with van der Waals surface area (Å²) in [6.07, 6.45) is 1.83. The van der Waals surface area contributed by atoms with Crippen LogP contribution < -0.4 is 4.72 Å². The Balaban J connectivity index is 1.44. The molecular formula is C19H25N3O5S. The van der Waals surface area contributed by atoms with Crippen molar-refractivity contribution >= 4 is 27.7 Å². The standard InChI is InChI=1S/C19H25N3O5S/c1-2-28(26,27)20-14-9-12-21(13-10-14)17(23)8-5-11-22-18(24)15-6-3-4-7-16(15)19(22)25/h3-4,6-7,14,20H,2,5,8-13H2,1H3. The third-order valence-corrected chi connectivity index (χ3v) is 6.68. The Morgan fingerprint density at radius 1 is 1.11 bits per heavy atom. The van der Waals surface area contributed by atoms with E-state index in [2.05, 4.69) is 4.72 Å². The molecule has 2 heterocycles. The zero-order valence-corrected chi connectivity index (χ0v) is 16.7. The third kappa shape index (κ3) is 4.41. The molecule has 0 aliphatic carbocycles. The molecule has 0 saturated carbocycles. The molecule has 1 saturated heterocycles. The van der Waals surface area contributed by atoms with E-state index in [4.69, 9.17) is 0 Å². The number of likely N-dealkylation sites (tertiary alicyclic amines) is 1. The smallest absolute Gasteiger partial charge is 0.261 e. The Morgan fingerprint density at radius 3 is 2.21 bits per heavy atom. The van der Waals surface area contributed by atoms with Gasteiger partial charge in [-0.25, -0.2) is 13.1 Å². The topological polar surface area (TPSA) is 104 Å². The first-order valence-electron chi connectivity index (χ1n) is 9.55. The molecule has 0 aromatic heterocycles. The number of carbonyl (C=O) groups is 3. The molecule has 0 atom stereocenters. The summed E-state index contributed by atoms with van der Waals surface area (Å²) in [7, 11) is -3.24. The van der Waals surface area contributed by atoms with Gasteiger partial charge in [0.25, 0.3) is 11.8 Å². The average molecular weight is 407 g/mol. The zero-order chi connectivity index (χ0) is 20.3. The first kappa shape index (κ1) is 20.5. The van der Waals surface area contributed by atoms with Crippen molar-refractivity contribution in [2.45, 2.75) is 38.6 Å². The average Bonchev–Trinajstić information content (AvgIpc) is 2.93. The predicted molar refractivity (Wildman–Crippen MR) is 103 cm³/mol. The molecule has 0 radical (unpaired) electrons. The minimum absolute atomic E-state index is 0.0339. The summed E-state index contributed by atoms with van der Waals surface area (Å²) < 4.78 is 25.9. The fraction of sp³-hybridized carbons (Fsp3) is 0.526. The van der Waals surface area contributed by atoms with Gasteiger partial charge in [0, 0.05) is 32.1 Å². The lowest BCUT2D eigenvalue weighted by atomic mass is 10.1. The number of nitrogens with zero attached hydrogens (tertiary/aromatic N) is 2. The van der Waals surface area contributed by atoms with Crippen LogP contribution in [0.5, 0.6) is 0 Å². The number of piperidine rings is 1. The first-order valence-corrected chi connectivity index (χ1v) is 11.2. The Bertz CT molecular complexity index is 840. The second kappa shape index (κ2) is 8.40. The van der Waals surface area contributed by atoms with E-state index in [1.54, 1.807) is 36.1 Å². The van der Waals surface area contributed by atoms with Crippen LogP contribution in [-0.4, -0.2) is 67.4 Å². The lowest BCUT2D eigenvalue weighted by Gasteiger charge is -2.32. The quantitative estimate of drug-likeness (QED) is 0.679. The summed E-state index contributed by atoms with van der Waals surface area (Å²) in [5.41, 5.74) is 0.825. The van der Waals surface area contributed by atoms with E-state index in [0.29, 0.717) is 43.5 Å². The molecule has 1 aromatic rings. The van der Waals surface area contributed by atoms with E-state index in [9.17, 15) is 22.8 Å². The molecule has 28 heavy (non-hydrogen) atoms. The van der Waals surface area contributed by atoms with E-state index >= 15 is 0 Å². The van der Waals surface area contributed by atoms with Gasteiger partial charge in [-0.3, -0.25) is 19.3 Å². The first-order chi connectivity index (χ1) is 13.3. The van der Waals surface area contributed by atoms with Crippen molar-refractivity contribution < 1.29 is 22.8 Å². The fourth-order valence-corrected chi connectivity index (χ4v) is 4.48. The number of nitrogens with one attached hydrogen (secondary N) is 1. The normalized spacial score (nSPS) is 17.9. The predicted octanol–water partition coefficient (Wildman–Crippen LogP) is 0.993. The summed E-state index contributed by atoms with van der Waals surface area (Å²) in [6, 6.07) is 6.59. The van der Waals surface area contributed by atoms with Crippen LogP contribution in [0.1, 0.15) is 53.3 Å². The summed E-state index contributed by atoms with van der Waals surface area (Å²) in [6.45, 7) is 2.81. The van der Waals surface area contributed by atoms with Crippen LogP contribution in [0.2, 0.25) is 0 Å². The molecule has 2 aliphatic heterocycles. The maximum absolute atomic E-state index is 12.4. The van der Waals surface area contributed by atoms with E-state index in [0.717, 1.165) is 0 Å². The number of carbonyl (C=O) groups excluding carboxylic acids is 3. The van der Waals surface area contributed by atoms with Gasteiger partial charge in [0.05, 0.1) is 16.9 Å². The highest BCUT2D eigenvalue weighted by atomic mass is 32.2. The van der Waals surface area contributed by atoms with Crippen molar-refractivity contribution in [1.82, 2.24) is 14.5 Å². The van der Waals surface area contributed by atoms with Gasteiger partial charge in [-0.1, -0.05) is 12.1 Å². The van der Waals surface area contributed by atoms with E-state index in [-0.39, 0.29) is 42.5 Å². The number of hydrogen-bond donors (Lipinski definition) is 1. The summed E-state index contributed by atoms with van der Waals surface area (Å²) in [5.74, 6) is -0.605. The third-order valence-electron chi connectivity index (χ3n) is 5.22. The maximum Gasteiger partial charge on any atom is 0.261 e. The van der Waals surface area contributed by atoms with Crippen molar-refractivity contribution in [3.05, 3.63) is 35.4 Å². The molecular weight excluding hydrogens is 382 g/mol. The van der Waals surface area contributed by atoms with E-state index in [1.165, 1.54) is 4.90 Å². The number of amides is 3. The highest BCUT2D eigenvalue weighted by Crippen LogP contribution is 2.23. The van der Waals surface area contributed by atoms with Crippen molar-refractivity contribution in [2.75, 3.05) is 25.4 Å². The molecule has 8 nitrogen and oxygen atoms in total. The van der Waals surface area contributed by atoms with Crippen LogP contribution in [0, 0.1) is 0 Å². The second-order valence-electron chi connectivity index (χ2n) is 7.09. The molecule has 0 bridgehead atoms. The van der Waals surface area contributed by atoms with Crippen molar-refractivity contribution in [1.29, 1.82) is 0 Å². The lowest BCUT2D eigenvalue weighted by Crippen LogP contribution is -2.46. The Morgan fingerprint density at radius 2 is 1.68 bits per heavy atom. The second-order valence-corrected chi connectivity index (χ2v) is 9.13. The van der Waals surface area contributed by atoms with E-state index < -0.39 is 10.0 Å². The fourth-order valence-electron chi connectivity index (χ4n) is 3.57. The number of sulfonamides is 1. The molecule has 1 aromatic carbocycles. The largest absolute Gasteiger partial charge is 0.343 e. The zero-order valence-electron chi connectivity index (χ0n) is 15.9. The molecule has 0 spiro atoms. The molecule has 1 fully saturated rings. The summed E-state index contributed by atoms with van der Waals surface area (Å²) >= 11 is 0. The molecule has 9 heteroatoms. The van der Waals surface area contributed by atoms with Crippen LogP contribution in [0.3, 0.4) is 0 Å². The molecule has 152 valence electrons.